The summed E-state index contributed by atoms with van der Waals surface area (Å²) in [5.41, 5.74) is 2.81. The molecule has 2 unspecified atom stereocenters. The zero-order valence-corrected chi connectivity index (χ0v) is 9.23. The van der Waals surface area contributed by atoms with Gasteiger partial charge in [0.15, 0.2) is 0 Å². The number of nitrogens with zero attached hydrogens (tertiary/aromatic N) is 1. The van der Waals surface area contributed by atoms with E-state index in [4.69, 9.17) is 5.84 Å². The quantitative estimate of drug-likeness (QED) is 0.517. The number of anilines is 1. The van der Waals surface area contributed by atoms with Gasteiger partial charge in [-0.15, -0.1) is 0 Å². The van der Waals surface area contributed by atoms with Gasteiger partial charge in [0, 0.05) is 6.54 Å². The molecule has 86 valence electrons. The lowest BCUT2D eigenvalue weighted by atomic mass is 10.3. The molecule has 0 spiro atoms. The van der Waals surface area contributed by atoms with Crippen LogP contribution in [0.15, 0.2) is 18.2 Å². The molecule has 4 N–H and O–H groups in total. The van der Waals surface area contributed by atoms with Crippen LogP contribution in [-0.4, -0.2) is 17.4 Å². The maximum Gasteiger partial charge on any atom is 0.269 e. The smallest absolute Gasteiger partial charge is 0.269 e. The second kappa shape index (κ2) is 4.49. The summed E-state index contributed by atoms with van der Waals surface area (Å²) < 4.78 is 0. The number of carbonyl (C=O) groups excluding carboxylic acids is 1. The Balaban J connectivity index is 1.92. The predicted molar refractivity (Wildman–Crippen MR) is 61.7 cm³/mol. The van der Waals surface area contributed by atoms with Crippen molar-refractivity contribution in [3.63, 3.8) is 0 Å². The van der Waals surface area contributed by atoms with E-state index in [1.807, 2.05) is 0 Å². The predicted octanol–water partition coefficient (Wildman–Crippen LogP) is 0.753. The summed E-state index contributed by atoms with van der Waals surface area (Å²) in [4.78, 5) is 15.8. The maximum atomic E-state index is 11.7. The summed E-state index contributed by atoms with van der Waals surface area (Å²) in [6.07, 6.45) is 1.21. The number of amides is 1. The molecule has 2 atom stereocenters. The molecule has 0 bridgehead atoms. The number of hydrazine groups is 1. The van der Waals surface area contributed by atoms with E-state index < -0.39 is 0 Å². The van der Waals surface area contributed by atoms with Gasteiger partial charge in [0.25, 0.3) is 5.91 Å². The van der Waals surface area contributed by atoms with Crippen LogP contribution in [0.3, 0.4) is 0 Å². The van der Waals surface area contributed by atoms with Crippen LogP contribution in [-0.2, 0) is 0 Å². The monoisotopic (exact) mass is 220 g/mol. The molecule has 5 heteroatoms. The largest absolute Gasteiger partial charge is 0.350 e. The van der Waals surface area contributed by atoms with Crippen LogP contribution in [0.25, 0.3) is 0 Å². The highest BCUT2D eigenvalue weighted by Crippen LogP contribution is 2.36. The van der Waals surface area contributed by atoms with Gasteiger partial charge in [-0.2, -0.15) is 0 Å². The summed E-state index contributed by atoms with van der Waals surface area (Å²) >= 11 is 0. The molecular weight excluding hydrogens is 204 g/mol. The van der Waals surface area contributed by atoms with E-state index in [1.165, 1.54) is 6.42 Å². The molecule has 1 aromatic heterocycles. The van der Waals surface area contributed by atoms with E-state index in [0.29, 0.717) is 17.4 Å². The van der Waals surface area contributed by atoms with Crippen molar-refractivity contribution in [1.29, 1.82) is 0 Å². The van der Waals surface area contributed by atoms with Crippen molar-refractivity contribution < 1.29 is 4.79 Å². The number of nitrogens with one attached hydrogen (secondary N) is 2. The number of hydrogen-bond donors (Lipinski definition) is 3. The zero-order valence-electron chi connectivity index (χ0n) is 9.23. The highest BCUT2D eigenvalue weighted by Gasteiger charge is 2.32. The molecule has 1 amide bonds. The minimum Gasteiger partial charge on any atom is -0.350 e. The van der Waals surface area contributed by atoms with Gasteiger partial charge in [-0.05, 0) is 30.4 Å². The van der Waals surface area contributed by atoms with Gasteiger partial charge in [-0.3, -0.25) is 4.79 Å². The third-order valence-electron chi connectivity index (χ3n) is 2.93. The lowest BCUT2D eigenvalue weighted by Gasteiger charge is -2.05. The van der Waals surface area contributed by atoms with Crippen molar-refractivity contribution in [1.82, 2.24) is 10.3 Å². The van der Waals surface area contributed by atoms with Gasteiger partial charge in [-0.25, -0.2) is 10.8 Å². The number of hydrogen-bond acceptors (Lipinski definition) is 4. The van der Waals surface area contributed by atoms with Crippen LogP contribution in [0, 0.1) is 11.8 Å². The molecule has 0 saturated heterocycles. The number of aromatic nitrogens is 1. The fourth-order valence-electron chi connectivity index (χ4n) is 1.64. The van der Waals surface area contributed by atoms with Crippen molar-refractivity contribution in [3.05, 3.63) is 23.9 Å². The average molecular weight is 220 g/mol. The summed E-state index contributed by atoms with van der Waals surface area (Å²) in [6.45, 7) is 2.93. The Morgan fingerprint density at radius 1 is 1.62 bits per heavy atom. The number of nitrogens with two attached hydrogens (primary N) is 1. The number of nitrogen functional groups attached to an aromatic ring is 1. The topological polar surface area (TPSA) is 80.0 Å². The molecule has 1 aliphatic rings. The SMILES string of the molecule is CC1CC1CNC(=O)c1cccc(NN)n1. The normalized spacial score (nSPS) is 22.6. The van der Waals surface area contributed by atoms with Crippen LogP contribution >= 0.6 is 0 Å². The third-order valence-corrected chi connectivity index (χ3v) is 2.93. The number of rotatable bonds is 4. The van der Waals surface area contributed by atoms with Gasteiger partial charge in [0.2, 0.25) is 0 Å². The highest BCUT2D eigenvalue weighted by atomic mass is 16.1. The minimum absolute atomic E-state index is 0.142. The van der Waals surface area contributed by atoms with Crippen molar-refractivity contribution >= 4 is 11.7 Å². The highest BCUT2D eigenvalue weighted by molar-refractivity contribution is 5.92. The second-order valence-electron chi connectivity index (χ2n) is 4.24. The number of carbonyl (C=O) groups is 1. The van der Waals surface area contributed by atoms with Crippen molar-refractivity contribution in [2.45, 2.75) is 13.3 Å². The van der Waals surface area contributed by atoms with Gasteiger partial charge in [0.05, 0.1) is 0 Å². The van der Waals surface area contributed by atoms with E-state index in [1.54, 1.807) is 18.2 Å². The standard InChI is InChI=1S/C11H16N4O/c1-7-5-8(7)6-13-11(16)9-3-2-4-10(14-9)15-12/h2-4,7-8H,5-6,12H2,1H3,(H,13,16)(H,14,15). The van der Waals surface area contributed by atoms with Crippen molar-refractivity contribution in [2.75, 3.05) is 12.0 Å². The second-order valence-corrected chi connectivity index (χ2v) is 4.24. The average Bonchev–Trinajstić information content (AvgIpc) is 3.02. The molecule has 1 aliphatic carbocycles. The van der Waals surface area contributed by atoms with Crippen molar-refractivity contribution in [2.24, 2.45) is 17.7 Å². The molecule has 0 aliphatic heterocycles. The molecule has 1 heterocycles. The number of pyridine rings is 1. The van der Waals surface area contributed by atoms with Crippen molar-refractivity contribution in [3.8, 4) is 0 Å². The van der Waals surface area contributed by atoms with E-state index in [0.717, 1.165) is 12.5 Å². The van der Waals surface area contributed by atoms with Crippen LogP contribution in [0.4, 0.5) is 5.82 Å². The molecular formula is C11H16N4O. The Bertz CT molecular complexity index is 393. The summed E-state index contributed by atoms with van der Waals surface area (Å²) in [6, 6.07) is 5.13. The third kappa shape index (κ3) is 2.49. The van der Waals surface area contributed by atoms with E-state index in [-0.39, 0.29) is 5.91 Å². The molecule has 5 nitrogen and oxygen atoms in total. The summed E-state index contributed by atoms with van der Waals surface area (Å²) in [7, 11) is 0. The van der Waals surface area contributed by atoms with Crippen LogP contribution in [0.5, 0.6) is 0 Å². The van der Waals surface area contributed by atoms with E-state index in [2.05, 4.69) is 22.7 Å². The fourth-order valence-corrected chi connectivity index (χ4v) is 1.64. The van der Waals surface area contributed by atoms with Crippen LogP contribution < -0.4 is 16.6 Å². The zero-order chi connectivity index (χ0) is 11.5. The molecule has 0 radical (unpaired) electrons. The first kappa shape index (κ1) is 10.9. The Kier molecular flexibility index (Phi) is 3.05. The summed E-state index contributed by atoms with van der Waals surface area (Å²) in [5.74, 6) is 6.96. The Labute approximate surface area is 94.4 Å². The fraction of sp³-hybridized carbons (Fsp3) is 0.455. The first-order valence-corrected chi connectivity index (χ1v) is 5.42. The van der Waals surface area contributed by atoms with Crippen LogP contribution in [0.2, 0.25) is 0 Å². The van der Waals surface area contributed by atoms with E-state index in [9.17, 15) is 4.79 Å². The molecule has 0 aromatic carbocycles. The maximum absolute atomic E-state index is 11.7. The van der Waals surface area contributed by atoms with Gasteiger partial charge in [0.1, 0.15) is 11.5 Å². The Morgan fingerprint density at radius 2 is 2.38 bits per heavy atom. The van der Waals surface area contributed by atoms with E-state index >= 15 is 0 Å². The van der Waals surface area contributed by atoms with Gasteiger partial charge < -0.3 is 10.7 Å². The molecule has 1 fully saturated rings. The van der Waals surface area contributed by atoms with Gasteiger partial charge >= 0.3 is 0 Å². The van der Waals surface area contributed by atoms with Gasteiger partial charge in [-0.1, -0.05) is 13.0 Å². The summed E-state index contributed by atoms with van der Waals surface area (Å²) in [5, 5.41) is 2.87. The minimum atomic E-state index is -0.142. The van der Waals surface area contributed by atoms with Crippen LogP contribution in [0.1, 0.15) is 23.8 Å². The lowest BCUT2D eigenvalue weighted by Crippen LogP contribution is -2.27. The Morgan fingerprint density at radius 3 is 3.00 bits per heavy atom. The molecule has 1 aromatic rings. The first-order valence-electron chi connectivity index (χ1n) is 5.42. The molecule has 2 rings (SSSR count). The lowest BCUT2D eigenvalue weighted by molar-refractivity contribution is 0.0946. The first-order chi connectivity index (χ1) is 7.70. The molecule has 16 heavy (non-hydrogen) atoms. The molecule has 1 saturated carbocycles. The Hall–Kier alpha value is -1.62.